The predicted octanol–water partition coefficient (Wildman–Crippen LogP) is 5.93. The van der Waals surface area contributed by atoms with Gasteiger partial charge in [0.05, 0.1) is 19.3 Å². The van der Waals surface area contributed by atoms with Gasteiger partial charge in [-0.05, 0) is 56.0 Å². The van der Waals surface area contributed by atoms with Crippen LogP contribution in [-0.2, 0) is 11.2 Å². The molecule has 1 unspecified atom stereocenters. The fraction of sp³-hybridized carbons (Fsp3) is 0.296. The summed E-state index contributed by atoms with van der Waals surface area (Å²) in [5.41, 5.74) is 2.87. The van der Waals surface area contributed by atoms with E-state index in [1.54, 1.807) is 0 Å². The fourth-order valence-corrected chi connectivity index (χ4v) is 3.16. The van der Waals surface area contributed by atoms with E-state index in [9.17, 15) is 4.79 Å². The van der Waals surface area contributed by atoms with Crippen LogP contribution in [-0.4, -0.2) is 25.2 Å². The molecule has 0 saturated heterocycles. The molecule has 3 rings (SSSR count). The summed E-state index contributed by atoms with van der Waals surface area (Å²) in [4.78, 5) is 12.4. The molecule has 0 bridgehead atoms. The highest BCUT2D eigenvalue weighted by Gasteiger charge is 2.06. The zero-order chi connectivity index (χ0) is 22.6. The molecular weight excluding hydrogens is 400 g/mol. The van der Waals surface area contributed by atoms with Crippen LogP contribution in [0.25, 0.3) is 0 Å². The Kier molecular flexibility index (Phi) is 8.99. The van der Waals surface area contributed by atoms with Gasteiger partial charge in [-0.2, -0.15) is 0 Å². The lowest BCUT2D eigenvalue weighted by Gasteiger charge is -2.14. The summed E-state index contributed by atoms with van der Waals surface area (Å²) in [6.07, 6.45) is 3.01. The molecule has 1 amide bonds. The SMILES string of the molecule is CCC(C)Oc1cccc(NCC(=O)Nc2cccc(OCCCc3ccccc3)c2)c1. The Balaban J connectivity index is 1.42. The van der Waals surface area contributed by atoms with Gasteiger partial charge in [0.25, 0.3) is 0 Å². The minimum Gasteiger partial charge on any atom is -0.494 e. The molecule has 5 nitrogen and oxygen atoms in total. The second-order valence-corrected chi connectivity index (χ2v) is 7.73. The Hall–Kier alpha value is -3.47. The fourth-order valence-electron chi connectivity index (χ4n) is 3.16. The average molecular weight is 433 g/mol. The number of nitrogens with one attached hydrogen (secondary N) is 2. The van der Waals surface area contributed by atoms with Gasteiger partial charge in [0.1, 0.15) is 11.5 Å². The summed E-state index contributed by atoms with van der Waals surface area (Å²) in [5, 5.41) is 6.06. The van der Waals surface area contributed by atoms with Crippen molar-refractivity contribution in [2.45, 2.75) is 39.2 Å². The van der Waals surface area contributed by atoms with Gasteiger partial charge in [0.2, 0.25) is 5.91 Å². The monoisotopic (exact) mass is 432 g/mol. The lowest BCUT2D eigenvalue weighted by molar-refractivity contribution is -0.114. The number of aryl methyl sites for hydroxylation is 1. The van der Waals surface area contributed by atoms with Crippen molar-refractivity contribution in [2.24, 2.45) is 0 Å². The summed E-state index contributed by atoms with van der Waals surface area (Å²) in [7, 11) is 0. The predicted molar refractivity (Wildman–Crippen MR) is 131 cm³/mol. The number of hydrogen-bond donors (Lipinski definition) is 2. The lowest BCUT2D eigenvalue weighted by Crippen LogP contribution is -2.21. The molecule has 3 aromatic carbocycles. The van der Waals surface area contributed by atoms with Crippen molar-refractivity contribution in [3.8, 4) is 11.5 Å². The molecule has 0 aliphatic heterocycles. The van der Waals surface area contributed by atoms with Gasteiger partial charge in [-0.1, -0.05) is 49.4 Å². The minimum atomic E-state index is -0.125. The summed E-state index contributed by atoms with van der Waals surface area (Å²) < 4.78 is 11.7. The van der Waals surface area contributed by atoms with Crippen LogP contribution >= 0.6 is 0 Å². The molecule has 3 aromatic rings. The van der Waals surface area contributed by atoms with Gasteiger partial charge < -0.3 is 20.1 Å². The van der Waals surface area contributed by atoms with E-state index in [4.69, 9.17) is 9.47 Å². The summed E-state index contributed by atoms with van der Waals surface area (Å²) in [6, 6.07) is 25.5. The van der Waals surface area contributed by atoms with Crippen LogP contribution in [0.15, 0.2) is 78.9 Å². The first-order valence-corrected chi connectivity index (χ1v) is 11.2. The van der Waals surface area contributed by atoms with Crippen LogP contribution in [0.4, 0.5) is 11.4 Å². The lowest BCUT2D eigenvalue weighted by atomic mass is 10.1. The van der Waals surface area contributed by atoms with E-state index in [1.165, 1.54) is 5.56 Å². The van der Waals surface area contributed by atoms with Crippen LogP contribution in [0.2, 0.25) is 0 Å². The highest BCUT2D eigenvalue weighted by molar-refractivity contribution is 5.93. The number of benzene rings is 3. The molecule has 168 valence electrons. The summed E-state index contributed by atoms with van der Waals surface area (Å²) in [6.45, 7) is 4.91. The van der Waals surface area contributed by atoms with Crippen molar-refractivity contribution in [3.05, 3.63) is 84.4 Å². The molecule has 0 spiro atoms. The zero-order valence-corrected chi connectivity index (χ0v) is 18.8. The standard InChI is InChI=1S/C27H32N2O3/c1-3-21(2)32-26-16-7-13-23(18-26)28-20-27(30)29-24-14-8-15-25(19-24)31-17-9-12-22-10-5-4-6-11-22/h4-8,10-11,13-16,18-19,21,28H,3,9,12,17,20H2,1-2H3,(H,29,30). The van der Waals surface area contributed by atoms with Crippen molar-refractivity contribution in [1.29, 1.82) is 0 Å². The molecule has 32 heavy (non-hydrogen) atoms. The molecule has 2 N–H and O–H groups in total. The number of hydrogen-bond acceptors (Lipinski definition) is 4. The molecule has 0 fully saturated rings. The number of ether oxygens (including phenoxy) is 2. The van der Waals surface area contributed by atoms with Crippen LogP contribution < -0.4 is 20.1 Å². The third kappa shape index (κ3) is 7.99. The van der Waals surface area contributed by atoms with E-state index in [0.717, 1.165) is 36.4 Å². The maximum absolute atomic E-state index is 12.4. The molecule has 0 heterocycles. The van der Waals surface area contributed by atoms with Crippen molar-refractivity contribution < 1.29 is 14.3 Å². The number of amides is 1. The van der Waals surface area contributed by atoms with Gasteiger partial charge in [-0.25, -0.2) is 0 Å². The van der Waals surface area contributed by atoms with Crippen molar-refractivity contribution in [3.63, 3.8) is 0 Å². The molecule has 0 aliphatic rings. The number of rotatable bonds is 12. The first-order valence-electron chi connectivity index (χ1n) is 11.2. The Morgan fingerprint density at radius 3 is 2.41 bits per heavy atom. The molecule has 0 aliphatic carbocycles. The smallest absolute Gasteiger partial charge is 0.243 e. The van der Waals surface area contributed by atoms with E-state index < -0.39 is 0 Å². The Morgan fingerprint density at radius 1 is 0.906 bits per heavy atom. The van der Waals surface area contributed by atoms with Crippen LogP contribution in [0, 0.1) is 0 Å². The van der Waals surface area contributed by atoms with E-state index in [0.29, 0.717) is 12.3 Å². The summed E-state index contributed by atoms with van der Waals surface area (Å²) in [5.74, 6) is 1.42. The topological polar surface area (TPSA) is 59.6 Å². The van der Waals surface area contributed by atoms with E-state index in [2.05, 4.69) is 41.8 Å². The highest BCUT2D eigenvalue weighted by Crippen LogP contribution is 2.20. The van der Waals surface area contributed by atoms with Gasteiger partial charge in [0, 0.05) is 23.5 Å². The first-order chi connectivity index (χ1) is 15.6. The Morgan fingerprint density at radius 2 is 1.62 bits per heavy atom. The normalized spacial score (nSPS) is 11.4. The molecule has 0 saturated carbocycles. The van der Waals surface area contributed by atoms with Gasteiger partial charge in [-0.15, -0.1) is 0 Å². The maximum Gasteiger partial charge on any atom is 0.243 e. The maximum atomic E-state index is 12.4. The number of anilines is 2. The highest BCUT2D eigenvalue weighted by atomic mass is 16.5. The Labute approximate surface area is 190 Å². The largest absolute Gasteiger partial charge is 0.494 e. The van der Waals surface area contributed by atoms with Crippen LogP contribution in [0.3, 0.4) is 0 Å². The quantitative estimate of drug-likeness (QED) is 0.349. The third-order valence-corrected chi connectivity index (χ3v) is 5.04. The molecule has 1 atom stereocenters. The second kappa shape index (κ2) is 12.4. The second-order valence-electron chi connectivity index (χ2n) is 7.73. The van der Waals surface area contributed by atoms with Crippen molar-refractivity contribution in [1.82, 2.24) is 0 Å². The molecule has 0 aromatic heterocycles. The van der Waals surface area contributed by atoms with Gasteiger partial charge >= 0.3 is 0 Å². The van der Waals surface area contributed by atoms with Gasteiger partial charge in [-0.3, -0.25) is 4.79 Å². The minimum absolute atomic E-state index is 0.125. The molecular formula is C27H32N2O3. The zero-order valence-electron chi connectivity index (χ0n) is 18.8. The van der Waals surface area contributed by atoms with Crippen LogP contribution in [0.1, 0.15) is 32.3 Å². The van der Waals surface area contributed by atoms with Crippen molar-refractivity contribution in [2.75, 3.05) is 23.8 Å². The van der Waals surface area contributed by atoms with Crippen LogP contribution in [0.5, 0.6) is 11.5 Å². The Bertz CT molecular complexity index is 975. The first kappa shape index (κ1) is 23.2. The number of carbonyl (C=O) groups is 1. The van der Waals surface area contributed by atoms with E-state index in [-0.39, 0.29) is 18.6 Å². The van der Waals surface area contributed by atoms with E-state index in [1.807, 2.05) is 61.5 Å². The van der Waals surface area contributed by atoms with Crippen molar-refractivity contribution >= 4 is 17.3 Å². The van der Waals surface area contributed by atoms with Gasteiger partial charge in [0.15, 0.2) is 0 Å². The molecule has 0 radical (unpaired) electrons. The average Bonchev–Trinajstić information content (AvgIpc) is 2.82. The summed E-state index contributed by atoms with van der Waals surface area (Å²) >= 11 is 0. The van der Waals surface area contributed by atoms with E-state index >= 15 is 0 Å². The molecule has 5 heteroatoms. The third-order valence-electron chi connectivity index (χ3n) is 5.04. The number of carbonyl (C=O) groups excluding carboxylic acids is 1.